The number of benzene rings is 1. The van der Waals surface area contributed by atoms with Gasteiger partial charge in [-0.05, 0) is 67.6 Å². The van der Waals surface area contributed by atoms with Crippen molar-refractivity contribution in [3.8, 4) is 0 Å². The number of hydrogen-bond donors (Lipinski definition) is 1. The number of rotatable bonds is 6. The van der Waals surface area contributed by atoms with Gasteiger partial charge in [0.2, 0.25) is 5.91 Å². The molecule has 2 aliphatic carbocycles. The summed E-state index contributed by atoms with van der Waals surface area (Å²) in [5, 5.41) is 3.12. The zero-order valence-corrected chi connectivity index (χ0v) is 13.2. The highest BCUT2D eigenvalue weighted by Gasteiger charge is 2.29. The van der Waals surface area contributed by atoms with Gasteiger partial charge >= 0.3 is 0 Å². The lowest BCUT2D eigenvalue weighted by molar-refractivity contribution is -0.122. The molecule has 0 heterocycles. The van der Waals surface area contributed by atoms with Gasteiger partial charge in [0.25, 0.3) is 0 Å². The van der Waals surface area contributed by atoms with E-state index >= 15 is 0 Å². The van der Waals surface area contributed by atoms with Crippen LogP contribution in [0.2, 0.25) is 0 Å². The SMILES string of the molecule is CCCc1ccc2c(c1)C(CCNC(=O)C1CC1)CCC2. The molecule has 2 nitrogen and oxygen atoms in total. The Labute approximate surface area is 128 Å². The van der Waals surface area contributed by atoms with Crippen LogP contribution in [0.3, 0.4) is 0 Å². The lowest BCUT2D eigenvalue weighted by Gasteiger charge is -2.26. The number of nitrogens with one attached hydrogen (secondary N) is 1. The second-order valence-electron chi connectivity index (χ2n) is 6.73. The minimum Gasteiger partial charge on any atom is -0.356 e. The first kappa shape index (κ1) is 14.6. The molecule has 3 rings (SSSR count). The molecule has 0 radical (unpaired) electrons. The minimum atomic E-state index is 0.283. The first-order valence-electron chi connectivity index (χ1n) is 8.67. The summed E-state index contributed by atoms with van der Waals surface area (Å²) in [4.78, 5) is 11.7. The highest BCUT2D eigenvalue weighted by Crippen LogP contribution is 2.35. The summed E-state index contributed by atoms with van der Waals surface area (Å²) >= 11 is 0. The van der Waals surface area contributed by atoms with Crippen molar-refractivity contribution >= 4 is 5.91 Å². The molecule has 1 fully saturated rings. The molecule has 1 aromatic rings. The monoisotopic (exact) mass is 285 g/mol. The second kappa shape index (κ2) is 6.64. The van der Waals surface area contributed by atoms with Gasteiger partial charge in [-0.25, -0.2) is 0 Å². The quantitative estimate of drug-likeness (QED) is 0.841. The Kier molecular flexibility index (Phi) is 4.62. The number of aryl methyl sites for hydroxylation is 2. The van der Waals surface area contributed by atoms with E-state index in [9.17, 15) is 4.79 Å². The molecule has 0 aliphatic heterocycles. The van der Waals surface area contributed by atoms with Crippen LogP contribution in [0.15, 0.2) is 18.2 Å². The van der Waals surface area contributed by atoms with Crippen molar-refractivity contribution < 1.29 is 4.79 Å². The van der Waals surface area contributed by atoms with Crippen LogP contribution in [0.25, 0.3) is 0 Å². The van der Waals surface area contributed by atoms with E-state index in [1.165, 1.54) is 37.7 Å². The van der Waals surface area contributed by atoms with Gasteiger partial charge in [-0.3, -0.25) is 4.79 Å². The Morgan fingerprint density at radius 1 is 1.29 bits per heavy atom. The molecule has 1 unspecified atom stereocenters. The van der Waals surface area contributed by atoms with Crippen molar-refractivity contribution in [3.05, 3.63) is 34.9 Å². The molecule has 1 N–H and O–H groups in total. The van der Waals surface area contributed by atoms with Gasteiger partial charge in [0, 0.05) is 12.5 Å². The predicted molar refractivity (Wildman–Crippen MR) is 86.5 cm³/mol. The Morgan fingerprint density at radius 2 is 2.14 bits per heavy atom. The summed E-state index contributed by atoms with van der Waals surface area (Å²) in [5.41, 5.74) is 4.58. The zero-order chi connectivity index (χ0) is 14.7. The molecule has 2 aliphatic rings. The minimum absolute atomic E-state index is 0.283. The molecule has 0 spiro atoms. The first-order chi connectivity index (χ1) is 10.3. The van der Waals surface area contributed by atoms with Crippen LogP contribution in [-0.2, 0) is 17.6 Å². The average molecular weight is 285 g/mol. The molecular formula is C19H27NO. The van der Waals surface area contributed by atoms with E-state index in [4.69, 9.17) is 0 Å². The molecule has 0 aromatic heterocycles. The highest BCUT2D eigenvalue weighted by molar-refractivity contribution is 5.80. The maximum atomic E-state index is 11.7. The van der Waals surface area contributed by atoms with Gasteiger partial charge in [-0.2, -0.15) is 0 Å². The van der Waals surface area contributed by atoms with Crippen molar-refractivity contribution in [2.45, 2.75) is 64.2 Å². The third-order valence-corrected chi connectivity index (χ3v) is 4.93. The Hall–Kier alpha value is -1.31. The summed E-state index contributed by atoms with van der Waals surface area (Å²) < 4.78 is 0. The Bertz CT molecular complexity index is 504. The van der Waals surface area contributed by atoms with Gasteiger partial charge in [0.15, 0.2) is 0 Å². The van der Waals surface area contributed by atoms with Crippen LogP contribution in [0.5, 0.6) is 0 Å². The summed E-state index contributed by atoms with van der Waals surface area (Å²) in [6, 6.07) is 7.08. The highest BCUT2D eigenvalue weighted by atomic mass is 16.2. The molecule has 0 bridgehead atoms. The first-order valence-corrected chi connectivity index (χ1v) is 8.67. The molecule has 1 aromatic carbocycles. The number of fused-ring (bicyclic) bond motifs is 1. The van der Waals surface area contributed by atoms with Crippen LogP contribution in [0.4, 0.5) is 0 Å². The summed E-state index contributed by atoms with van der Waals surface area (Å²) in [6.07, 6.45) is 9.48. The zero-order valence-electron chi connectivity index (χ0n) is 13.2. The lowest BCUT2D eigenvalue weighted by Crippen LogP contribution is -2.27. The molecule has 1 amide bonds. The standard InChI is InChI=1S/C19H27NO/c1-2-4-14-7-8-15-5-3-6-16(18(15)13-14)11-12-20-19(21)17-9-10-17/h7-8,13,16-17H,2-6,9-12H2,1H3,(H,20,21). The second-order valence-corrected chi connectivity index (χ2v) is 6.73. The molecular weight excluding hydrogens is 258 g/mol. The summed E-state index contributed by atoms with van der Waals surface area (Å²) in [6.45, 7) is 3.09. The van der Waals surface area contributed by atoms with E-state index in [1.807, 2.05) is 0 Å². The molecule has 21 heavy (non-hydrogen) atoms. The fourth-order valence-corrected chi connectivity index (χ4v) is 3.55. The molecule has 1 atom stereocenters. The predicted octanol–water partition coefficient (Wildman–Crippen LogP) is 3.98. The maximum absolute atomic E-state index is 11.7. The summed E-state index contributed by atoms with van der Waals surface area (Å²) in [5.74, 6) is 1.26. The van der Waals surface area contributed by atoms with E-state index in [1.54, 1.807) is 11.1 Å². The van der Waals surface area contributed by atoms with E-state index in [0.717, 1.165) is 25.8 Å². The van der Waals surface area contributed by atoms with E-state index in [0.29, 0.717) is 11.8 Å². The fourth-order valence-electron chi connectivity index (χ4n) is 3.55. The Morgan fingerprint density at radius 3 is 2.90 bits per heavy atom. The summed E-state index contributed by atoms with van der Waals surface area (Å²) in [7, 11) is 0. The number of hydrogen-bond acceptors (Lipinski definition) is 1. The van der Waals surface area contributed by atoms with E-state index < -0.39 is 0 Å². The molecule has 114 valence electrons. The molecule has 0 saturated heterocycles. The van der Waals surface area contributed by atoms with Gasteiger partial charge < -0.3 is 5.32 Å². The van der Waals surface area contributed by atoms with Crippen molar-refractivity contribution in [1.29, 1.82) is 0 Å². The topological polar surface area (TPSA) is 29.1 Å². The van der Waals surface area contributed by atoms with Crippen LogP contribution >= 0.6 is 0 Å². The molecule has 1 saturated carbocycles. The van der Waals surface area contributed by atoms with Crippen LogP contribution < -0.4 is 5.32 Å². The average Bonchev–Trinajstić information content (AvgIpc) is 3.32. The van der Waals surface area contributed by atoms with Crippen molar-refractivity contribution in [3.63, 3.8) is 0 Å². The van der Waals surface area contributed by atoms with Gasteiger partial charge in [-0.1, -0.05) is 31.5 Å². The van der Waals surface area contributed by atoms with Crippen LogP contribution in [-0.4, -0.2) is 12.5 Å². The van der Waals surface area contributed by atoms with Crippen molar-refractivity contribution in [2.75, 3.05) is 6.54 Å². The Balaban J connectivity index is 1.61. The van der Waals surface area contributed by atoms with Gasteiger partial charge in [0.05, 0.1) is 0 Å². The third-order valence-electron chi connectivity index (χ3n) is 4.93. The van der Waals surface area contributed by atoms with Gasteiger partial charge in [-0.15, -0.1) is 0 Å². The maximum Gasteiger partial charge on any atom is 0.223 e. The van der Waals surface area contributed by atoms with Crippen molar-refractivity contribution in [2.24, 2.45) is 5.92 Å². The van der Waals surface area contributed by atoms with E-state index in [-0.39, 0.29) is 5.91 Å². The van der Waals surface area contributed by atoms with Crippen LogP contribution in [0, 0.1) is 5.92 Å². The fraction of sp³-hybridized carbons (Fsp3) is 0.632. The molecule has 2 heteroatoms. The number of carbonyl (C=O) groups excluding carboxylic acids is 1. The smallest absolute Gasteiger partial charge is 0.223 e. The number of carbonyl (C=O) groups is 1. The largest absolute Gasteiger partial charge is 0.356 e. The normalized spacial score (nSPS) is 20.9. The van der Waals surface area contributed by atoms with Crippen LogP contribution in [0.1, 0.15) is 68.1 Å². The third kappa shape index (κ3) is 3.66. The van der Waals surface area contributed by atoms with Gasteiger partial charge in [0.1, 0.15) is 0 Å². The van der Waals surface area contributed by atoms with Crippen molar-refractivity contribution in [1.82, 2.24) is 5.32 Å². The van der Waals surface area contributed by atoms with E-state index in [2.05, 4.69) is 30.4 Å². The number of amides is 1. The lowest BCUT2D eigenvalue weighted by atomic mass is 9.80.